The van der Waals surface area contributed by atoms with Crippen molar-refractivity contribution >= 4 is 28.6 Å². The molecule has 4 aliphatic rings. The highest BCUT2D eigenvalue weighted by atomic mass is 127. The Bertz CT molecular complexity index is 611. The van der Waals surface area contributed by atoms with Crippen LogP contribution >= 0.6 is 22.6 Å². The molecule has 0 bridgehead atoms. The second-order valence-electron chi connectivity index (χ2n) is 10.8. The van der Waals surface area contributed by atoms with Crippen molar-refractivity contribution in [2.24, 2.45) is 40.4 Å². The number of aliphatic hydroxyl groups excluding tert-OH is 2. The number of fused-ring (bicyclic) bond motifs is 5. The number of hydrogen-bond donors (Lipinski definition) is 3. The van der Waals surface area contributed by atoms with Gasteiger partial charge in [0, 0.05) is 15.8 Å². The van der Waals surface area contributed by atoms with E-state index in [1.807, 2.05) is 0 Å². The number of alkyl halides is 1. The summed E-state index contributed by atoms with van der Waals surface area (Å²) < 4.78 is 0.326. The maximum atomic E-state index is 11.5. The molecule has 0 aromatic carbocycles. The predicted molar refractivity (Wildman–Crippen MR) is 117 cm³/mol. The highest BCUT2D eigenvalue weighted by molar-refractivity contribution is 14.1. The van der Waals surface area contributed by atoms with Crippen LogP contribution in [0, 0.1) is 40.4 Å². The number of aliphatic hydroxyl groups is 2. The van der Waals surface area contributed by atoms with Crippen LogP contribution in [0.25, 0.3) is 0 Å². The Morgan fingerprint density at radius 2 is 1.82 bits per heavy atom. The molecular formula is C23H37IO4. The fourth-order valence-corrected chi connectivity index (χ4v) is 9.74. The zero-order chi connectivity index (χ0) is 20.3. The number of carboxylic acid groups (broad SMARTS) is 1. The first-order valence-electron chi connectivity index (χ1n) is 11.4. The molecule has 4 aliphatic carbocycles. The summed E-state index contributed by atoms with van der Waals surface area (Å²) in [5, 5.41) is 30.8. The van der Waals surface area contributed by atoms with Crippen LogP contribution in [-0.4, -0.2) is 37.4 Å². The van der Waals surface area contributed by atoms with Gasteiger partial charge in [0.15, 0.2) is 0 Å². The largest absolute Gasteiger partial charge is 0.481 e. The minimum atomic E-state index is -0.712. The fraction of sp³-hybridized carbons (Fsp3) is 0.957. The topological polar surface area (TPSA) is 77.8 Å². The zero-order valence-electron chi connectivity index (χ0n) is 17.3. The molecule has 3 N–H and O–H groups in total. The van der Waals surface area contributed by atoms with Crippen LogP contribution in [0.1, 0.15) is 78.1 Å². The molecule has 0 saturated heterocycles. The Kier molecular flexibility index (Phi) is 5.85. The first-order valence-corrected chi connectivity index (χ1v) is 12.6. The second kappa shape index (κ2) is 7.67. The van der Waals surface area contributed by atoms with Gasteiger partial charge in [0.2, 0.25) is 0 Å². The summed E-state index contributed by atoms with van der Waals surface area (Å²) in [5.41, 5.74) is 0.207. The maximum absolute atomic E-state index is 11.5. The minimum Gasteiger partial charge on any atom is -0.481 e. The first kappa shape index (κ1) is 21.4. The lowest BCUT2D eigenvalue weighted by molar-refractivity contribution is -0.170. The fourth-order valence-electron chi connectivity index (χ4n) is 8.30. The van der Waals surface area contributed by atoms with Gasteiger partial charge in [0.25, 0.3) is 0 Å². The van der Waals surface area contributed by atoms with Gasteiger partial charge in [0.1, 0.15) is 0 Å². The summed E-state index contributed by atoms with van der Waals surface area (Å²) in [6.07, 6.45) is 9.21. The summed E-state index contributed by atoms with van der Waals surface area (Å²) >= 11 is 2.47. The number of carbonyl (C=O) groups is 1. The van der Waals surface area contributed by atoms with Gasteiger partial charge in [-0.25, -0.2) is 0 Å². The van der Waals surface area contributed by atoms with Crippen molar-refractivity contribution in [1.29, 1.82) is 0 Å². The van der Waals surface area contributed by atoms with Crippen LogP contribution in [0.2, 0.25) is 0 Å². The standard InChI is InChI=1S/C23H37IO4/c1-22-10-9-14(25)11-13(22)3-4-15-16-5-6-17(19(24)7-8-21(27)28)23(16,2)20(26)12-18(15)22/h13-20,25-26H,3-12H2,1-2H3,(H,27,28)/t13-,14-,15?,16?,17?,18?,19-,20+,22+,23+/m1/s1. The van der Waals surface area contributed by atoms with Gasteiger partial charge in [-0.2, -0.15) is 0 Å². The van der Waals surface area contributed by atoms with E-state index in [9.17, 15) is 15.0 Å². The molecule has 0 aliphatic heterocycles. The molecule has 10 atom stereocenters. The van der Waals surface area contributed by atoms with Crippen LogP contribution in [0.15, 0.2) is 0 Å². The van der Waals surface area contributed by atoms with Gasteiger partial charge in [0.05, 0.1) is 12.2 Å². The molecule has 0 aromatic heterocycles. The first-order chi connectivity index (χ1) is 13.2. The lowest BCUT2D eigenvalue weighted by Crippen LogP contribution is -2.59. The van der Waals surface area contributed by atoms with Crippen LogP contribution in [0.5, 0.6) is 0 Å². The van der Waals surface area contributed by atoms with E-state index < -0.39 is 5.97 Å². The minimum absolute atomic E-state index is 0.0666. The van der Waals surface area contributed by atoms with Crippen molar-refractivity contribution in [2.45, 2.75) is 94.2 Å². The summed E-state index contributed by atoms with van der Waals surface area (Å²) in [6, 6.07) is 0. The lowest BCUT2D eigenvalue weighted by atomic mass is 9.44. The van der Waals surface area contributed by atoms with Gasteiger partial charge in [-0.3, -0.25) is 4.79 Å². The molecule has 4 nitrogen and oxygen atoms in total. The molecule has 0 aromatic rings. The molecule has 0 spiro atoms. The van der Waals surface area contributed by atoms with Crippen molar-refractivity contribution in [1.82, 2.24) is 0 Å². The number of rotatable bonds is 4. The number of halogens is 1. The van der Waals surface area contributed by atoms with Crippen LogP contribution in [-0.2, 0) is 4.79 Å². The highest BCUT2D eigenvalue weighted by Crippen LogP contribution is 2.68. The Morgan fingerprint density at radius 3 is 2.54 bits per heavy atom. The van der Waals surface area contributed by atoms with E-state index in [2.05, 4.69) is 36.4 Å². The molecule has 5 heteroatoms. The van der Waals surface area contributed by atoms with Crippen molar-refractivity contribution in [3.8, 4) is 0 Å². The van der Waals surface area contributed by atoms with Crippen LogP contribution in [0.3, 0.4) is 0 Å². The van der Waals surface area contributed by atoms with E-state index in [1.54, 1.807) is 0 Å². The third-order valence-corrected chi connectivity index (χ3v) is 11.4. The SMILES string of the molecule is C[C@]12C(CCC1[C@H](I)CCC(=O)O)C1CC[C@@H]3C[C@H](O)CC[C@]3(C)C1C[C@@H]2O. The van der Waals surface area contributed by atoms with E-state index in [0.29, 0.717) is 39.9 Å². The average Bonchev–Trinajstić information content (AvgIpc) is 3.00. The Balaban J connectivity index is 1.56. The third kappa shape index (κ3) is 3.26. The van der Waals surface area contributed by atoms with Gasteiger partial charge in [-0.15, -0.1) is 0 Å². The summed E-state index contributed by atoms with van der Waals surface area (Å²) in [6.45, 7) is 4.78. The molecule has 0 heterocycles. The lowest BCUT2D eigenvalue weighted by Gasteiger charge is -2.62. The van der Waals surface area contributed by atoms with Gasteiger partial charge < -0.3 is 15.3 Å². The molecule has 0 radical (unpaired) electrons. The highest BCUT2D eigenvalue weighted by Gasteiger charge is 2.63. The monoisotopic (exact) mass is 504 g/mol. The Morgan fingerprint density at radius 1 is 1.07 bits per heavy atom. The molecule has 4 saturated carbocycles. The Labute approximate surface area is 183 Å². The summed E-state index contributed by atoms with van der Waals surface area (Å²) in [7, 11) is 0. The van der Waals surface area contributed by atoms with Gasteiger partial charge in [-0.1, -0.05) is 36.4 Å². The van der Waals surface area contributed by atoms with E-state index >= 15 is 0 Å². The quantitative estimate of drug-likeness (QED) is 0.385. The van der Waals surface area contributed by atoms with Crippen molar-refractivity contribution in [3.05, 3.63) is 0 Å². The Hall–Kier alpha value is 0.120. The van der Waals surface area contributed by atoms with E-state index in [4.69, 9.17) is 5.11 Å². The molecule has 4 fully saturated rings. The average molecular weight is 504 g/mol. The van der Waals surface area contributed by atoms with Crippen molar-refractivity contribution in [3.63, 3.8) is 0 Å². The second-order valence-corrected chi connectivity index (χ2v) is 12.4. The van der Waals surface area contributed by atoms with E-state index in [1.165, 1.54) is 19.3 Å². The van der Waals surface area contributed by atoms with E-state index in [-0.39, 0.29) is 29.5 Å². The van der Waals surface area contributed by atoms with Crippen LogP contribution < -0.4 is 0 Å². The molecule has 160 valence electrons. The zero-order valence-corrected chi connectivity index (χ0v) is 19.5. The predicted octanol–water partition coefficient (Wildman–Crippen LogP) is 4.65. The smallest absolute Gasteiger partial charge is 0.303 e. The number of carboxylic acids is 1. The normalized spacial score (nSPS) is 51.7. The summed E-state index contributed by atoms with van der Waals surface area (Å²) in [5.74, 6) is 2.16. The van der Waals surface area contributed by atoms with Crippen molar-refractivity contribution in [2.75, 3.05) is 0 Å². The number of aliphatic carboxylic acids is 1. The van der Waals surface area contributed by atoms with Crippen LogP contribution in [0.4, 0.5) is 0 Å². The molecule has 28 heavy (non-hydrogen) atoms. The number of hydrogen-bond acceptors (Lipinski definition) is 3. The maximum Gasteiger partial charge on any atom is 0.303 e. The van der Waals surface area contributed by atoms with Gasteiger partial charge >= 0.3 is 5.97 Å². The summed E-state index contributed by atoms with van der Waals surface area (Å²) in [4.78, 5) is 11.1. The molecule has 4 rings (SSSR count). The van der Waals surface area contributed by atoms with Gasteiger partial charge in [-0.05, 0) is 92.8 Å². The third-order valence-electron chi connectivity index (χ3n) is 9.89. The van der Waals surface area contributed by atoms with Crippen molar-refractivity contribution < 1.29 is 20.1 Å². The molecular weight excluding hydrogens is 467 g/mol. The molecule has 0 amide bonds. The van der Waals surface area contributed by atoms with E-state index in [0.717, 1.165) is 32.1 Å². The molecule has 4 unspecified atom stereocenters.